The van der Waals surface area contributed by atoms with Gasteiger partial charge in [-0.05, 0) is 72.0 Å². The van der Waals surface area contributed by atoms with Gasteiger partial charge in [0.15, 0.2) is 11.6 Å². The van der Waals surface area contributed by atoms with Crippen molar-refractivity contribution in [2.45, 2.75) is 45.4 Å². The van der Waals surface area contributed by atoms with Gasteiger partial charge in [0.1, 0.15) is 5.82 Å². The average Bonchev–Trinajstić information content (AvgIpc) is 2.83. The highest BCUT2D eigenvalue weighted by atomic mass is 19.4. The Morgan fingerprint density at radius 3 is 2.31 bits per heavy atom. The molecule has 0 atom stereocenters. The Morgan fingerprint density at radius 1 is 0.829 bits per heavy atom. The molecule has 0 saturated heterocycles. The zero-order valence-corrected chi connectivity index (χ0v) is 19.1. The molecule has 2 nitrogen and oxygen atoms in total. The largest absolute Gasteiger partial charge is 0.573 e. The Balaban J connectivity index is 1.48. The molecule has 0 N–H and O–H groups in total. The quantitative estimate of drug-likeness (QED) is 0.235. The third-order valence-electron chi connectivity index (χ3n) is 5.88. The van der Waals surface area contributed by atoms with E-state index < -0.39 is 17.9 Å². The molecule has 35 heavy (non-hydrogen) atoms. The van der Waals surface area contributed by atoms with Crippen LogP contribution in [0, 0.1) is 11.6 Å². The van der Waals surface area contributed by atoms with Gasteiger partial charge in [0.05, 0.1) is 5.69 Å². The van der Waals surface area contributed by atoms with Crippen LogP contribution < -0.4 is 4.74 Å². The van der Waals surface area contributed by atoms with E-state index in [0.29, 0.717) is 16.5 Å². The van der Waals surface area contributed by atoms with Gasteiger partial charge in [-0.3, -0.25) is 4.98 Å². The highest BCUT2D eigenvalue weighted by Crippen LogP contribution is 2.29. The number of unbranched alkanes of at least 4 members (excludes halogenated alkanes) is 1. The number of fused-ring (bicyclic) bond motifs is 1. The van der Waals surface area contributed by atoms with Crippen molar-refractivity contribution in [1.29, 1.82) is 0 Å². The van der Waals surface area contributed by atoms with Crippen LogP contribution in [0.5, 0.6) is 5.75 Å². The van der Waals surface area contributed by atoms with Crippen LogP contribution in [0.4, 0.5) is 22.0 Å². The van der Waals surface area contributed by atoms with E-state index in [4.69, 9.17) is 0 Å². The molecule has 7 heteroatoms. The van der Waals surface area contributed by atoms with Crippen molar-refractivity contribution in [3.8, 4) is 17.0 Å². The Morgan fingerprint density at radius 2 is 1.63 bits per heavy atom. The van der Waals surface area contributed by atoms with Crippen molar-refractivity contribution in [3.05, 3.63) is 95.2 Å². The van der Waals surface area contributed by atoms with E-state index in [-0.39, 0.29) is 18.7 Å². The molecule has 0 fully saturated rings. The molecule has 1 heterocycles. The van der Waals surface area contributed by atoms with Crippen LogP contribution in [0.1, 0.15) is 36.5 Å². The fourth-order valence-corrected chi connectivity index (χ4v) is 4.00. The number of nitrogens with zero attached hydrogens (tertiary/aromatic N) is 1. The molecule has 4 rings (SSSR count). The molecule has 3 aromatic carbocycles. The number of rotatable bonds is 8. The average molecular weight is 485 g/mol. The van der Waals surface area contributed by atoms with Crippen molar-refractivity contribution in [1.82, 2.24) is 4.98 Å². The molecule has 0 bridgehead atoms. The van der Waals surface area contributed by atoms with Gasteiger partial charge in [0.2, 0.25) is 0 Å². The van der Waals surface area contributed by atoms with E-state index in [0.717, 1.165) is 48.0 Å². The zero-order chi connectivity index (χ0) is 25.0. The number of alkyl halides is 3. The lowest BCUT2D eigenvalue weighted by Crippen LogP contribution is -2.18. The summed E-state index contributed by atoms with van der Waals surface area (Å²) in [7, 11) is 0. The van der Waals surface area contributed by atoms with Gasteiger partial charge in [-0.2, -0.15) is 0 Å². The van der Waals surface area contributed by atoms with E-state index in [9.17, 15) is 17.6 Å². The highest BCUT2D eigenvalue weighted by Gasteiger charge is 2.32. The minimum atomic E-state index is -4.97. The monoisotopic (exact) mass is 485 g/mol. The molecule has 0 unspecified atom stereocenters. The normalized spacial score (nSPS) is 11.7. The Labute approximate surface area is 200 Å². The zero-order valence-electron chi connectivity index (χ0n) is 19.1. The maximum atomic E-state index is 15.2. The number of hydrogen-bond acceptors (Lipinski definition) is 2. The fraction of sp³-hybridized carbons (Fsp3) is 0.250. The van der Waals surface area contributed by atoms with Gasteiger partial charge < -0.3 is 4.74 Å². The molecule has 0 radical (unpaired) electrons. The van der Waals surface area contributed by atoms with E-state index in [2.05, 4.69) is 22.7 Å². The molecule has 0 saturated carbocycles. The van der Waals surface area contributed by atoms with Crippen LogP contribution >= 0.6 is 0 Å². The Hall–Kier alpha value is -3.48. The number of halogens is 5. The van der Waals surface area contributed by atoms with E-state index in [1.54, 1.807) is 12.1 Å². The smallest absolute Gasteiger partial charge is 0.403 e. The number of pyridine rings is 1. The molecule has 0 aliphatic heterocycles. The van der Waals surface area contributed by atoms with Crippen molar-refractivity contribution in [3.63, 3.8) is 0 Å². The first-order chi connectivity index (χ1) is 16.7. The molecule has 0 aliphatic carbocycles. The van der Waals surface area contributed by atoms with Crippen LogP contribution in [-0.2, 0) is 19.3 Å². The maximum absolute atomic E-state index is 15.2. The predicted molar refractivity (Wildman–Crippen MR) is 126 cm³/mol. The van der Waals surface area contributed by atoms with Crippen molar-refractivity contribution in [2.75, 3.05) is 0 Å². The van der Waals surface area contributed by atoms with Crippen LogP contribution in [0.3, 0.4) is 0 Å². The number of aryl methyl sites for hydroxylation is 3. The molecule has 1 aromatic heterocycles. The van der Waals surface area contributed by atoms with E-state index >= 15 is 4.39 Å². The highest BCUT2D eigenvalue weighted by molar-refractivity contribution is 5.88. The van der Waals surface area contributed by atoms with Gasteiger partial charge in [-0.15, -0.1) is 13.2 Å². The second-order valence-electron chi connectivity index (χ2n) is 8.44. The summed E-state index contributed by atoms with van der Waals surface area (Å²) in [6.07, 6.45) is 0.675. The first-order valence-corrected chi connectivity index (χ1v) is 11.4. The van der Waals surface area contributed by atoms with Gasteiger partial charge in [-0.25, -0.2) is 8.78 Å². The number of aromatic nitrogens is 1. The number of ether oxygens (including phenoxy) is 1. The lowest BCUT2D eigenvalue weighted by atomic mass is 9.98. The molecule has 0 aliphatic rings. The van der Waals surface area contributed by atoms with Gasteiger partial charge in [-0.1, -0.05) is 49.7 Å². The van der Waals surface area contributed by atoms with E-state index in [1.165, 1.54) is 11.6 Å². The fourth-order valence-electron chi connectivity index (χ4n) is 4.00. The van der Waals surface area contributed by atoms with Gasteiger partial charge in [0, 0.05) is 17.1 Å². The lowest BCUT2D eigenvalue weighted by molar-refractivity contribution is -0.275. The standard InChI is InChI=1S/C28H24F5NO/c1-2-3-4-19-6-13-25(34-17-19)22-11-12-23-21(16-22)10-9-20(27(23)30)8-5-18-7-14-26(24(29)15-18)35-28(31,32)33/h6-7,9-17H,2-5,8H2,1H3. The Bertz CT molecular complexity index is 1320. The summed E-state index contributed by atoms with van der Waals surface area (Å²) in [4.78, 5) is 4.55. The van der Waals surface area contributed by atoms with E-state index in [1.807, 2.05) is 30.5 Å². The third-order valence-corrected chi connectivity index (χ3v) is 5.88. The van der Waals surface area contributed by atoms with Crippen LogP contribution in [0.25, 0.3) is 22.0 Å². The van der Waals surface area contributed by atoms with Crippen molar-refractivity contribution < 1.29 is 26.7 Å². The molecule has 0 amide bonds. The Kier molecular flexibility index (Phi) is 7.34. The second-order valence-corrected chi connectivity index (χ2v) is 8.44. The van der Waals surface area contributed by atoms with Gasteiger partial charge in [0.25, 0.3) is 0 Å². The minimum absolute atomic E-state index is 0.262. The summed E-state index contributed by atoms with van der Waals surface area (Å²) in [5.74, 6) is -2.37. The third kappa shape index (κ3) is 6.15. The predicted octanol–water partition coefficient (Wildman–Crippen LogP) is 8.21. The molecule has 0 spiro atoms. The molecule has 182 valence electrons. The molecule has 4 aromatic rings. The first kappa shape index (κ1) is 24.6. The SMILES string of the molecule is CCCCc1ccc(-c2ccc3c(F)c(CCc4ccc(OC(F)(F)F)c(F)c4)ccc3c2)nc1. The summed E-state index contributed by atoms with van der Waals surface area (Å²) >= 11 is 0. The van der Waals surface area contributed by atoms with Crippen LogP contribution in [-0.4, -0.2) is 11.3 Å². The number of hydrogen-bond donors (Lipinski definition) is 0. The summed E-state index contributed by atoms with van der Waals surface area (Å²) in [5.41, 5.74) is 3.79. The summed E-state index contributed by atoms with van der Waals surface area (Å²) in [6, 6.07) is 16.2. The summed E-state index contributed by atoms with van der Waals surface area (Å²) < 4.78 is 69.7. The molecular formula is C28H24F5NO. The van der Waals surface area contributed by atoms with Crippen molar-refractivity contribution >= 4 is 10.8 Å². The second kappa shape index (κ2) is 10.4. The lowest BCUT2D eigenvalue weighted by Gasteiger charge is -2.11. The maximum Gasteiger partial charge on any atom is 0.573 e. The topological polar surface area (TPSA) is 22.1 Å². The number of benzene rings is 3. The summed E-state index contributed by atoms with van der Waals surface area (Å²) in [6.45, 7) is 2.15. The molecular weight excluding hydrogens is 461 g/mol. The summed E-state index contributed by atoms with van der Waals surface area (Å²) in [5, 5.41) is 1.20. The van der Waals surface area contributed by atoms with Crippen molar-refractivity contribution in [2.24, 2.45) is 0 Å². The van der Waals surface area contributed by atoms with Gasteiger partial charge >= 0.3 is 6.36 Å². The minimum Gasteiger partial charge on any atom is -0.403 e. The van der Waals surface area contributed by atoms with Crippen LogP contribution in [0.15, 0.2) is 66.9 Å². The van der Waals surface area contributed by atoms with Crippen LogP contribution in [0.2, 0.25) is 0 Å². The first-order valence-electron chi connectivity index (χ1n) is 11.4.